The SMILES string of the molecule is CCCNC(=O)[C@H](C)N(Cc1ccc(Cl)cc1)C(=O)CN(c1ccc(C)cc1)S(=O)(=O)c1ccc(OC)c(Br)c1. The maximum absolute atomic E-state index is 14.0. The van der Waals surface area contributed by atoms with Crippen LogP contribution in [0, 0.1) is 6.92 Å². The van der Waals surface area contributed by atoms with Gasteiger partial charge in [0.15, 0.2) is 0 Å². The zero-order valence-corrected chi connectivity index (χ0v) is 26.0. The lowest BCUT2D eigenvalue weighted by molar-refractivity contribution is -0.139. The molecule has 0 aliphatic carbocycles. The molecule has 3 aromatic rings. The number of sulfonamides is 1. The fourth-order valence-electron chi connectivity index (χ4n) is 3.94. The summed E-state index contributed by atoms with van der Waals surface area (Å²) < 4.78 is 34.7. The summed E-state index contributed by atoms with van der Waals surface area (Å²) in [6, 6.07) is 17.3. The first-order chi connectivity index (χ1) is 19.0. The molecule has 1 atom stereocenters. The number of aryl methyl sites for hydroxylation is 1. The second-order valence-corrected chi connectivity index (χ2v) is 12.4. The first kappa shape index (κ1) is 31.4. The van der Waals surface area contributed by atoms with Crippen molar-refractivity contribution in [2.24, 2.45) is 0 Å². The van der Waals surface area contributed by atoms with E-state index in [1.807, 2.05) is 13.8 Å². The van der Waals surface area contributed by atoms with Gasteiger partial charge >= 0.3 is 0 Å². The van der Waals surface area contributed by atoms with Crippen LogP contribution in [-0.2, 0) is 26.2 Å². The molecule has 2 amide bonds. The number of benzene rings is 3. The van der Waals surface area contributed by atoms with Crippen molar-refractivity contribution in [1.82, 2.24) is 10.2 Å². The smallest absolute Gasteiger partial charge is 0.264 e. The van der Waals surface area contributed by atoms with Crippen LogP contribution in [0.4, 0.5) is 5.69 Å². The molecule has 3 rings (SSSR count). The predicted molar refractivity (Wildman–Crippen MR) is 161 cm³/mol. The van der Waals surface area contributed by atoms with Crippen molar-refractivity contribution in [3.8, 4) is 5.75 Å². The number of carbonyl (C=O) groups is 2. The van der Waals surface area contributed by atoms with Gasteiger partial charge in [-0.05, 0) is 84.2 Å². The van der Waals surface area contributed by atoms with Crippen molar-refractivity contribution in [2.75, 3.05) is 24.5 Å². The van der Waals surface area contributed by atoms with E-state index < -0.39 is 28.5 Å². The normalized spacial score (nSPS) is 11.9. The van der Waals surface area contributed by atoms with Gasteiger partial charge in [-0.2, -0.15) is 0 Å². The molecule has 11 heteroatoms. The molecule has 0 aromatic heterocycles. The molecule has 0 spiro atoms. The van der Waals surface area contributed by atoms with Gasteiger partial charge in [0.2, 0.25) is 11.8 Å². The Balaban J connectivity index is 2.03. The summed E-state index contributed by atoms with van der Waals surface area (Å²) in [5.41, 5.74) is 2.00. The van der Waals surface area contributed by atoms with Gasteiger partial charge in [-0.1, -0.05) is 48.4 Å². The molecule has 40 heavy (non-hydrogen) atoms. The van der Waals surface area contributed by atoms with Crippen molar-refractivity contribution in [3.63, 3.8) is 0 Å². The van der Waals surface area contributed by atoms with Gasteiger partial charge in [-0.15, -0.1) is 0 Å². The molecule has 1 N–H and O–H groups in total. The second-order valence-electron chi connectivity index (χ2n) is 9.26. The zero-order chi connectivity index (χ0) is 29.4. The number of rotatable bonds is 12. The Hall–Kier alpha value is -3.08. The topological polar surface area (TPSA) is 96.0 Å². The van der Waals surface area contributed by atoms with Crippen molar-refractivity contribution >= 4 is 55.1 Å². The third-order valence-electron chi connectivity index (χ3n) is 6.29. The van der Waals surface area contributed by atoms with Gasteiger partial charge in [0.05, 0.1) is 22.2 Å². The average Bonchev–Trinajstić information content (AvgIpc) is 2.94. The average molecular weight is 651 g/mol. The minimum absolute atomic E-state index is 0.0217. The lowest BCUT2D eigenvalue weighted by atomic mass is 10.1. The third-order valence-corrected chi connectivity index (χ3v) is 8.94. The summed E-state index contributed by atoms with van der Waals surface area (Å²) in [7, 11) is -2.71. The predicted octanol–water partition coefficient (Wildman–Crippen LogP) is 5.56. The number of carbonyl (C=O) groups excluding carboxylic acids is 2. The molecule has 0 unspecified atom stereocenters. The molecule has 0 saturated heterocycles. The number of amides is 2. The van der Waals surface area contributed by atoms with Gasteiger partial charge in [0.1, 0.15) is 18.3 Å². The summed E-state index contributed by atoms with van der Waals surface area (Å²) in [4.78, 5) is 28.2. The Morgan fingerprint density at radius 3 is 2.27 bits per heavy atom. The van der Waals surface area contributed by atoms with E-state index in [1.165, 1.54) is 24.1 Å². The molecular formula is C29H33BrClN3O5S. The van der Waals surface area contributed by atoms with Crippen LogP contribution in [0.2, 0.25) is 5.02 Å². The molecule has 0 bridgehead atoms. The highest BCUT2D eigenvalue weighted by Crippen LogP contribution is 2.31. The monoisotopic (exact) mass is 649 g/mol. The van der Waals surface area contributed by atoms with Gasteiger partial charge in [-0.3, -0.25) is 13.9 Å². The van der Waals surface area contributed by atoms with Crippen LogP contribution in [0.3, 0.4) is 0 Å². The van der Waals surface area contributed by atoms with Crippen LogP contribution in [0.25, 0.3) is 0 Å². The highest BCUT2D eigenvalue weighted by molar-refractivity contribution is 9.10. The van der Waals surface area contributed by atoms with Crippen LogP contribution in [-0.4, -0.2) is 51.4 Å². The first-order valence-corrected chi connectivity index (χ1v) is 15.3. The third kappa shape index (κ3) is 7.77. The fourth-order valence-corrected chi connectivity index (χ4v) is 6.20. The largest absolute Gasteiger partial charge is 0.496 e. The summed E-state index contributed by atoms with van der Waals surface area (Å²) in [6.07, 6.45) is 0.737. The minimum atomic E-state index is -4.20. The molecule has 214 valence electrons. The van der Waals surface area contributed by atoms with Gasteiger partial charge in [0.25, 0.3) is 10.0 Å². The number of hydrogen-bond donors (Lipinski definition) is 1. The van der Waals surface area contributed by atoms with Crippen molar-refractivity contribution in [2.45, 2.75) is 44.7 Å². The first-order valence-electron chi connectivity index (χ1n) is 12.7. The highest BCUT2D eigenvalue weighted by Gasteiger charge is 2.32. The number of methoxy groups -OCH3 is 1. The maximum Gasteiger partial charge on any atom is 0.264 e. The van der Waals surface area contributed by atoms with Crippen molar-refractivity contribution < 1.29 is 22.7 Å². The Labute approximate surface area is 249 Å². The van der Waals surface area contributed by atoms with Crippen molar-refractivity contribution in [3.05, 3.63) is 87.4 Å². The van der Waals surface area contributed by atoms with Crippen LogP contribution >= 0.6 is 27.5 Å². The highest BCUT2D eigenvalue weighted by atomic mass is 79.9. The molecule has 0 aliphatic heterocycles. The molecule has 3 aromatic carbocycles. The fraction of sp³-hybridized carbons (Fsp3) is 0.310. The molecule has 0 saturated carbocycles. The number of halogens is 2. The number of nitrogens with one attached hydrogen (secondary N) is 1. The van der Waals surface area contributed by atoms with E-state index in [4.69, 9.17) is 16.3 Å². The molecule has 8 nitrogen and oxygen atoms in total. The van der Waals surface area contributed by atoms with Gasteiger partial charge in [-0.25, -0.2) is 8.42 Å². The molecule has 0 heterocycles. The molecule has 0 aliphatic rings. The van der Waals surface area contributed by atoms with E-state index >= 15 is 0 Å². The van der Waals surface area contributed by atoms with Gasteiger partial charge < -0.3 is 15.0 Å². The summed E-state index contributed by atoms with van der Waals surface area (Å²) >= 11 is 9.39. The van der Waals surface area contributed by atoms with Crippen LogP contribution < -0.4 is 14.4 Å². The van der Waals surface area contributed by atoms with E-state index in [0.717, 1.165) is 21.9 Å². The number of hydrogen-bond acceptors (Lipinski definition) is 5. The minimum Gasteiger partial charge on any atom is -0.496 e. The van der Waals surface area contributed by atoms with Gasteiger partial charge in [0, 0.05) is 18.1 Å². The quantitative estimate of drug-likeness (QED) is 0.277. The standard InChI is InChI=1S/C29H33BrClN3O5S/c1-5-16-32-29(36)21(3)33(18-22-8-10-23(31)11-9-22)28(35)19-34(24-12-6-20(2)7-13-24)40(37,38)25-14-15-27(39-4)26(30)17-25/h6-15,17,21H,5,16,18-19H2,1-4H3,(H,32,36)/t21-/m0/s1. The van der Waals surface area contributed by atoms with E-state index in [0.29, 0.717) is 27.5 Å². The Morgan fingerprint density at radius 1 is 1.05 bits per heavy atom. The van der Waals surface area contributed by atoms with Crippen LogP contribution in [0.1, 0.15) is 31.4 Å². The lowest BCUT2D eigenvalue weighted by Gasteiger charge is -2.32. The molecular weight excluding hydrogens is 618 g/mol. The van der Waals surface area contributed by atoms with E-state index in [1.54, 1.807) is 61.5 Å². The number of nitrogens with zero attached hydrogens (tertiary/aromatic N) is 2. The summed E-state index contributed by atoms with van der Waals surface area (Å²) in [5.74, 6) is -0.392. The Morgan fingerprint density at radius 2 is 1.70 bits per heavy atom. The Bertz CT molecular complexity index is 1430. The lowest BCUT2D eigenvalue weighted by Crippen LogP contribution is -2.51. The Kier molecular flexibility index (Phi) is 11.0. The summed E-state index contributed by atoms with van der Waals surface area (Å²) in [6.45, 7) is 5.48. The van der Waals surface area contributed by atoms with E-state index in [-0.39, 0.29) is 17.3 Å². The zero-order valence-electron chi connectivity index (χ0n) is 22.9. The maximum atomic E-state index is 14.0. The molecule has 0 radical (unpaired) electrons. The van der Waals surface area contributed by atoms with E-state index in [2.05, 4.69) is 21.2 Å². The molecule has 0 fully saturated rings. The number of ether oxygens (including phenoxy) is 1. The number of anilines is 1. The van der Waals surface area contributed by atoms with Crippen LogP contribution in [0.5, 0.6) is 5.75 Å². The van der Waals surface area contributed by atoms with Crippen molar-refractivity contribution in [1.29, 1.82) is 0 Å². The van der Waals surface area contributed by atoms with E-state index in [9.17, 15) is 18.0 Å². The second kappa shape index (κ2) is 14.0. The van der Waals surface area contributed by atoms with Crippen LogP contribution in [0.15, 0.2) is 76.1 Å². The summed E-state index contributed by atoms with van der Waals surface area (Å²) in [5, 5.41) is 3.36.